The molecule has 1 N–H and O–H groups in total. The van der Waals surface area contributed by atoms with Crippen LogP contribution in [0.5, 0.6) is 0 Å². The highest BCUT2D eigenvalue weighted by molar-refractivity contribution is 8.18. The molecule has 4 nitrogen and oxygen atoms in total. The zero-order chi connectivity index (χ0) is 21.4. The number of rotatable bonds is 3. The molecule has 1 aliphatic rings. The minimum Gasteiger partial charge on any atom is -0.318 e. The first kappa shape index (κ1) is 20.2. The molecule has 5 heteroatoms. The van der Waals surface area contributed by atoms with Gasteiger partial charge in [-0.05, 0) is 99.5 Å². The molecule has 152 valence electrons. The molecule has 2 aromatic carbocycles. The monoisotopic (exact) mass is 415 g/mol. The first-order chi connectivity index (χ1) is 14.3. The number of aryl methyl sites for hydroxylation is 4. The summed E-state index contributed by atoms with van der Waals surface area (Å²) >= 11 is 1.38. The van der Waals surface area contributed by atoms with Crippen LogP contribution in [0.3, 0.4) is 0 Å². The van der Waals surface area contributed by atoms with Gasteiger partial charge >= 0.3 is 0 Å². The molecule has 0 unspecified atom stereocenters. The number of aliphatic imine (C=N–C) groups is 1. The van der Waals surface area contributed by atoms with Gasteiger partial charge in [0.2, 0.25) is 0 Å². The lowest BCUT2D eigenvalue weighted by Gasteiger charge is -2.11. The van der Waals surface area contributed by atoms with Gasteiger partial charge in [-0.15, -0.1) is 0 Å². The number of hydrogen-bond donors (Lipinski definition) is 1. The van der Waals surface area contributed by atoms with E-state index in [0.717, 1.165) is 28.3 Å². The Morgan fingerprint density at radius 1 is 0.933 bits per heavy atom. The van der Waals surface area contributed by atoms with E-state index in [2.05, 4.69) is 66.8 Å². The molecule has 0 atom stereocenters. The summed E-state index contributed by atoms with van der Waals surface area (Å²) in [6.45, 7) is 10.5. The lowest BCUT2D eigenvalue weighted by molar-refractivity contribution is -0.115. The smallest absolute Gasteiger partial charge is 0.264 e. The highest BCUT2D eigenvalue weighted by atomic mass is 32.2. The van der Waals surface area contributed by atoms with Crippen LogP contribution in [0.1, 0.15) is 33.6 Å². The molecular weight excluding hydrogens is 390 g/mol. The molecule has 1 amide bonds. The molecule has 0 saturated carbocycles. The van der Waals surface area contributed by atoms with Crippen molar-refractivity contribution in [3.63, 3.8) is 0 Å². The SMILES string of the molecule is Cc1ccc(N=C2NC(=O)/C(=C/c3cc(C)n(-c4ccc(C)c(C)c4)c3C)S2)cc1. The Labute approximate surface area is 181 Å². The van der Waals surface area contributed by atoms with Crippen molar-refractivity contribution in [2.45, 2.75) is 34.6 Å². The number of thioether (sulfide) groups is 1. The van der Waals surface area contributed by atoms with Crippen LogP contribution >= 0.6 is 11.8 Å². The predicted octanol–water partition coefficient (Wildman–Crippen LogP) is 5.91. The van der Waals surface area contributed by atoms with Gasteiger partial charge in [-0.3, -0.25) is 4.79 Å². The van der Waals surface area contributed by atoms with Crippen LogP contribution < -0.4 is 5.32 Å². The zero-order valence-corrected chi connectivity index (χ0v) is 18.7. The minimum atomic E-state index is -0.109. The van der Waals surface area contributed by atoms with Crippen LogP contribution in [0.4, 0.5) is 5.69 Å². The molecule has 0 radical (unpaired) electrons. The topological polar surface area (TPSA) is 46.4 Å². The quantitative estimate of drug-likeness (QED) is 0.541. The third kappa shape index (κ3) is 3.98. The van der Waals surface area contributed by atoms with Crippen LogP contribution in [-0.2, 0) is 4.79 Å². The van der Waals surface area contributed by atoms with E-state index in [1.54, 1.807) is 0 Å². The Bertz CT molecular complexity index is 1200. The van der Waals surface area contributed by atoms with E-state index in [0.29, 0.717) is 10.1 Å². The van der Waals surface area contributed by atoms with Crippen LogP contribution in [0.2, 0.25) is 0 Å². The van der Waals surface area contributed by atoms with Crippen molar-refractivity contribution in [1.82, 2.24) is 9.88 Å². The first-order valence-corrected chi connectivity index (χ1v) is 10.8. The summed E-state index contributed by atoms with van der Waals surface area (Å²) in [4.78, 5) is 17.7. The Morgan fingerprint density at radius 2 is 1.67 bits per heavy atom. The summed E-state index contributed by atoms with van der Waals surface area (Å²) < 4.78 is 2.23. The second-order valence-electron chi connectivity index (χ2n) is 7.75. The van der Waals surface area contributed by atoms with Crippen molar-refractivity contribution in [2.24, 2.45) is 4.99 Å². The molecule has 1 fully saturated rings. The summed E-state index contributed by atoms with van der Waals surface area (Å²) in [6, 6.07) is 16.6. The Balaban J connectivity index is 1.64. The molecule has 2 heterocycles. The van der Waals surface area contributed by atoms with Crippen molar-refractivity contribution in [3.8, 4) is 5.69 Å². The summed E-state index contributed by atoms with van der Waals surface area (Å²) in [5, 5.41) is 3.48. The molecule has 3 aromatic rings. The number of hydrogen-bond acceptors (Lipinski definition) is 3. The molecule has 30 heavy (non-hydrogen) atoms. The van der Waals surface area contributed by atoms with Crippen molar-refractivity contribution in [1.29, 1.82) is 0 Å². The second-order valence-corrected chi connectivity index (χ2v) is 8.78. The number of nitrogens with one attached hydrogen (secondary N) is 1. The highest BCUT2D eigenvalue weighted by Gasteiger charge is 2.24. The van der Waals surface area contributed by atoms with E-state index < -0.39 is 0 Å². The molecule has 1 saturated heterocycles. The van der Waals surface area contributed by atoms with Crippen LogP contribution in [0.15, 0.2) is 58.4 Å². The molecule has 1 aromatic heterocycles. The van der Waals surface area contributed by atoms with Gasteiger partial charge in [-0.25, -0.2) is 4.99 Å². The lowest BCUT2D eigenvalue weighted by atomic mass is 10.1. The average Bonchev–Trinajstić information content (AvgIpc) is 3.18. The second kappa shape index (κ2) is 8.00. The largest absolute Gasteiger partial charge is 0.318 e. The predicted molar refractivity (Wildman–Crippen MR) is 127 cm³/mol. The van der Waals surface area contributed by atoms with Gasteiger partial charge in [0.25, 0.3) is 5.91 Å². The maximum atomic E-state index is 12.5. The number of carbonyl (C=O) groups is 1. The van der Waals surface area contributed by atoms with Crippen molar-refractivity contribution < 1.29 is 4.79 Å². The number of amides is 1. The van der Waals surface area contributed by atoms with Gasteiger partial charge in [0, 0.05) is 17.1 Å². The fourth-order valence-corrected chi connectivity index (χ4v) is 4.39. The fraction of sp³-hybridized carbons (Fsp3) is 0.200. The van der Waals surface area contributed by atoms with Gasteiger partial charge in [0.05, 0.1) is 10.6 Å². The Morgan fingerprint density at radius 3 is 2.37 bits per heavy atom. The van der Waals surface area contributed by atoms with E-state index in [9.17, 15) is 4.79 Å². The van der Waals surface area contributed by atoms with E-state index >= 15 is 0 Å². The van der Waals surface area contributed by atoms with Crippen LogP contribution in [0, 0.1) is 34.6 Å². The summed E-state index contributed by atoms with van der Waals surface area (Å²) in [6.07, 6.45) is 1.96. The number of benzene rings is 2. The van der Waals surface area contributed by atoms with Gasteiger partial charge in [-0.2, -0.15) is 0 Å². The van der Waals surface area contributed by atoms with Gasteiger partial charge in [0.1, 0.15) is 0 Å². The molecule has 4 rings (SSSR count). The Kier molecular flexibility index (Phi) is 5.39. The van der Waals surface area contributed by atoms with Crippen LogP contribution in [0.25, 0.3) is 11.8 Å². The molecule has 0 spiro atoms. The van der Waals surface area contributed by atoms with E-state index in [1.165, 1.54) is 28.5 Å². The van der Waals surface area contributed by atoms with Crippen LogP contribution in [-0.4, -0.2) is 15.6 Å². The standard InChI is InChI=1S/C25H25N3OS/c1-15-6-9-21(10-7-15)26-25-27-24(29)23(30-25)14-20-13-18(4)28(19(20)5)22-11-8-16(2)17(3)12-22/h6-14H,1-5H3,(H,26,27,29)/b23-14-. The van der Waals surface area contributed by atoms with Crippen molar-refractivity contribution in [3.05, 3.63) is 87.1 Å². The third-order valence-electron chi connectivity index (χ3n) is 5.42. The summed E-state index contributed by atoms with van der Waals surface area (Å²) in [5.74, 6) is -0.109. The maximum absolute atomic E-state index is 12.5. The van der Waals surface area contributed by atoms with E-state index in [4.69, 9.17) is 0 Å². The average molecular weight is 416 g/mol. The normalized spacial score (nSPS) is 16.5. The highest BCUT2D eigenvalue weighted by Crippen LogP contribution is 2.31. The lowest BCUT2D eigenvalue weighted by Crippen LogP contribution is -2.19. The van der Waals surface area contributed by atoms with E-state index in [-0.39, 0.29) is 5.91 Å². The number of carbonyl (C=O) groups excluding carboxylic acids is 1. The summed E-state index contributed by atoms with van der Waals surface area (Å²) in [7, 11) is 0. The minimum absolute atomic E-state index is 0.109. The molecule has 0 aliphatic carbocycles. The van der Waals surface area contributed by atoms with E-state index in [1.807, 2.05) is 37.3 Å². The van der Waals surface area contributed by atoms with Crippen molar-refractivity contribution >= 4 is 34.6 Å². The molecule has 0 bridgehead atoms. The van der Waals surface area contributed by atoms with Crippen molar-refractivity contribution in [2.75, 3.05) is 0 Å². The summed E-state index contributed by atoms with van der Waals surface area (Å²) in [5.41, 5.74) is 8.99. The van der Waals surface area contributed by atoms with Gasteiger partial charge in [0.15, 0.2) is 5.17 Å². The Hall–Kier alpha value is -3.05. The number of nitrogens with zero attached hydrogens (tertiary/aromatic N) is 2. The third-order valence-corrected chi connectivity index (χ3v) is 6.33. The van der Waals surface area contributed by atoms with Gasteiger partial charge in [-0.1, -0.05) is 23.8 Å². The first-order valence-electron chi connectivity index (χ1n) is 9.94. The van der Waals surface area contributed by atoms with Gasteiger partial charge < -0.3 is 9.88 Å². The number of amidine groups is 1. The molecule has 1 aliphatic heterocycles. The fourth-order valence-electron chi connectivity index (χ4n) is 3.55. The number of aromatic nitrogens is 1. The molecular formula is C25H25N3OS. The maximum Gasteiger partial charge on any atom is 0.264 e. The zero-order valence-electron chi connectivity index (χ0n) is 17.9.